The Morgan fingerprint density at radius 1 is 1.15 bits per heavy atom. The lowest BCUT2D eigenvalue weighted by molar-refractivity contribution is -0.122. The lowest BCUT2D eigenvalue weighted by atomic mass is 10.2. The van der Waals surface area contributed by atoms with Crippen LogP contribution in [0.4, 0.5) is 5.69 Å². The average Bonchev–Trinajstić information content (AvgIpc) is 3.18. The largest absolute Gasteiger partial charge is 0.493 e. The summed E-state index contributed by atoms with van der Waals surface area (Å²) in [5, 5.41) is 2.85. The third kappa shape index (κ3) is 4.90. The van der Waals surface area contributed by atoms with Crippen LogP contribution in [-0.4, -0.2) is 30.6 Å². The summed E-state index contributed by atoms with van der Waals surface area (Å²) >= 11 is 7.26. The highest BCUT2D eigenvalue weighted by molar-refractivity contribution is 9.10. The van der Waals surface area contributed by atoms with Gasteiger partial charge in [0.2, 0.25) is 0 Å². The number of nitrogens with one attached hydrogen (secondary N) is 1. The molecule has 0 aromatic heterocycles. The Labute approximate surface area is 170 Å². The molecule has 1 aliphatic heterocycles. The Hall–Kier alpha value is -1.31. The summed E-state index contributed by atoms with van der Waals surface area (Å²) in [6.45, 7) is 1.73. The Balaban J connectivity index is 1.66. The molecular formula is C19H20BrNO3S2. The summed E-state index contributed by atoms with van der Waals surface area (Å²) in [5.41, 5.74) is 1.94. The summed E-state index contributed by atoms with van der Waals surface area (Å²) in [6.07, 6.45) is -0.645. The predicted octanol–water partition coefficient (Wildman–Crippen LogP) is 5.34. The topological polar surface area (TPSA) is 47.6 Å². The van der Waals surface area contributed by atoms with Crippen molar-refractivity contribution >= 4 is 51.0 Å². The van der Waals surface area contributed by atoms with Gasteiger partial charge in [-0.25, -0.2) is 0 Å². The maximum Gasteiger partial charge on any atom is 0.265 e. The van der Waals surface area contributed by atoms with Crippen LogP contribution < -0.4 is 14.8 Å². The summed E-state index contributed by atoms with van der Waals surface area (Å²) in [4.78, 5) is 12.4. The number of benzene rings is 2. The highest BCUT2D eigenvalue weighted by Gasteiger charge is 2.21. The van der Waals surface area contributed by atoms with Crippen molar-refractivity contribution in [1.29, 1.82) is 0 Å². The summed E-state index contributed by atoms with van der Waals surface area (Å²) in [6, 6.07) is 13.4. The molecule has 138 valence electrons. The third-order valence-corrected chi connectivity index (χ3v) is 7.50. The number of amides is 1. The lowest BCUT2D eigenvalue weighted by Gasteiger charge is -2.18. The second-order valence-corrected chi connectivity index (χ2v) is 9.38. The zero-order valence-electron chi connectivity index (χ0n) is 14.5. The molecule has 0 spiro atoms. The number of methoxy groups -OCH3 is 1. The summed E-state index contributed by atoms with van der Waals surface area (Å²) in [5.74, 6) is 3.36. The van der Waals surface area contributed by atoms with E-state index in [0.717, 1.165) is 10.2 Å². The molecule has 0 saturated carbocycles. The minimum atomic E-state index is -0.645. The molecular weight excluding hydrogens is 434 g/mol. The summed E-state index contributed by atoms with van der Waals surface area (Å²) < 4.78 is 12.7. The van der Waals surface area contributed by atoms with Crippen molar-refractivity contribution in [3.63, 3.8) is 0 Å². The second kappa shape index (κ2) is 9.06. The molecule has 3 rings (SSSR count). The molecule has 1 fully saturated rings. The van der Waals surface area contributed by atoms with E-state index >= 15 is 0 Å². The number of hydrogen-bond donors (Lipinski definition) is 1. The van der Waals surface area contributed by atoms with Crippen LogP contribution in [0.25, 0.3) is 0 Å². The lowest BCUT2D eigenvalue weighted by Crippen LogP contribution is -2.30. The monoisotopic (exact) mass is 453 g/mol. The Morgan fingerprint density at radius 2 is 1.85 bits per heavy atom. The first-order valence-corrected chi connectivity index (χ1v) is 11.1. The molecule has 2 aromatic carbocycles. The highest BCUT2D eigenvalue weighted by atomic mass is 79.9. The molecule has 0 radical (unpaired) electrons. The number of hydrogen-bond acceptors (Lipinski definition) is 5. The normalized spacial score (nSPS) is 15.5. The molecule has 1 heterocycles. The van der Waals surface area contributed by atoms with Crippen molar-refractivity contribution in [2.45, 2.75) is 17.6 Å². The fourth-order valence-electron chi connectivity index (χ4n) is 2.50. The maximum atomic E-state index is 12.4. The molecule has 1 saturated heterocycles. The van der Waals surface area contributed by atoms with Gasteiger partial charge < -0.3 is 14.8 Å². The smallest absolute Gasteiger partial charge is 0.265 e. The van der Waals surface area contributed by atoms with Crippen LogP contribution in [0.2, 0.25) is 0 Å². The first-order chi connectivity index (χ1) is 12.6. The molecule has 1 aliphatic rings. The van der Waals surface area contributed by atoms with Crippen molar-refractivity contribution in [2.75, 3.05) is 23.9 Å². The van der Waals surface area contributed by atoms with E-state index in [4.69, 9.17) is 9.47 Å². The number of halogens is 1. The Bertz CT molecular complexity index is 764. The zero-order valence-corrected chi connectivity index (χ0v) is 17.7. The van der Waals surface area contributed by atoms with E-state index in [1.165, 1.54) is 17.1 Å². The van der Waals surface area contributed by atoms with Gasteiger partial charge in [-0.3, -0.25) is 4.79 Å². The van der Waals surface area contributed by atoms with Crippen LogP contribution in [-0.2, 0) is 4.79 Å². The highest BCUT2D eigenvalue weighted by Crippen LogP contribution is 2.47. The van der Waals surface area contributed by atoms with E-state index in [1.807, 2.05) is 66.0 Å². The molecule has 2 aromatic rings. The van der Waals surface area contributed by atoms with Crippen LogP contribution >= 0.6 is 39.5 Å². The number of anilines is 1. The van der Waals surface area contributed by atoms with E-state index in [2.05, 4.69) is 21.2 Å². The molecule has 1 N–H and O–H groups in total. The standard InChI is InChI=1S/C19H20BrNO3S2/c1-12(18(22)21-15-6-4-14(20)5-7-15)24-16-8-3-13(11-17(16)23-2)19-25-9-10-26-19/h3-8,11-12,19H,9-10H2,1-2H3,(H,21,22). The van der Waals surface area contributed by atoms with Gasteiger partial charge in [-0.05, 0) is 48.9 Å². The molecule has 4 nitrogen and oxygen atoms in total. The second-order valence-electron chi connectivity index (χ2n) is 5.74. The van der Waals surface area contributed by atoms with Crippen LogP contribution in [0, 0.1) is 0 Å². The van der Waals surface area contributed by atoms with Crippen LogP contribution in [0.5, 0.6) is 11.5 Å². The van der Waals surface area contributed by atoms with Gasteiger partial charge in [-0.15, -0.1) is 23.5 Å². The number of carbonyl (C=O) groups excluding carboxylic acids is 1. The first kappa shape index (κ1) is 19.5. The van der Waals surface area contributed by atoms with E-state index in [1.54, 1.807) is 14.0 Å². The van der Waals surface area contributed by atoms with E-state index in [9.17, 15) is 4.79 Å². The van der Waals surface area contributed by atoms with E-state index in [-0.39, 0.29) is 5.91 Å². The fourth-order valence-corrected chi connectivity index (χ4v) is 5.60. The first-order valence-electron chi connectivity index (χ1n) is 8.21. The molecule has 0 bridgehead atoms. The molecule has 1 atom stereocenters. The van der Waals surface area contributed by atoms with Gasteiger partial charge in [-0.1, -0.05) is 22.0 Å². The van der Waals surface area contributed by atoms with Crippen LogP contribution in [0.15, 0.2) is 46.9 Å². The summed E-state index contributed by atoms with van der Waals surface area (Å²) in [7, 11) is 1.62. The Kier molecular flexibility index (Phi) is 6.78. The quantitative estimate of drug-likeness (QED) is 0.639. The van der Waals surface area contributed by atoms with Crippen molar-refractivity contribution < 1.29 is 14.3 Å². The number of rotatable bonds is 6. The number of ether oxygens (including phenoxy) is 2. The van der Waals surface area contributed by atoms with Crippen LogP contribution in [0.1, 0.15) is 17.1 Å². The van der Waals surface area contributed by atoms with Crippen LogP contribution in [0.3, 0.4) is 0 Å². The van der Waals surface area contributed by atoms with E-state index in [0.29, 0.717) is 16.1 Å². The Morgan fingerprint density at radius 3 is 2.50 bits per heavy atom. The maximum absolute atomic E-state index is 12.4. The van der Waals surface area contributed by atoms with Gasteiger partial charge >= 0.3 is 0 Å². The van der Waals surface area contributed by atoms with Gasteiger partial charge in [0, 0.05) is 21.7 Å². The minimum absolute atomic E-state index is 0.208. The van der Waals surface area contributed by atoms with Crippen molar-refractivity contribution in [2.24, 2.45) is 0 Å². The molecule has 1 unspecified atom stereocenters. The molecule has 0 aliphatic carbocycles. The van der Waals surface area contributed by atoms with E-state index < -0.39 is 6.10 Å². The zero-order chi connectivity index (χ0) is 18.5. The van der Waals surface area contributed by atoms with Crippen molar-refractivity contribution in [3.8, 4) is 11.5 Å². The van der Waals surface area contributed by atoms with Gasteiger partial charge in [0.05, 0.1) is 11.7 Å². The minimum Gasteiger partial charge on any atom is -0.493 e. The number of carbonyl (C=O) groups is 1. The fraction of sp³-hybridized carbons (Fsp3) is 0.316. The van der Waals surface area contributed by atoms with Crippen molar-refractivity contribution in [1.82, 2.24) is 0 Å². The third-order valence-electron chi connectivity index (χ3n) is 3.87. The molecule has 1 amide bonds. The predicted molar refractivity (Wildman–Crippen MR) is 114 cm³/mol. The van der Waals surface area contributed by atoms with Gasteiger partial charge in [0.1, 0.15) is 0 Å². The van der Waals surface area contributed by atoms with Gasteiger partial charge in [-0.2, -0.15) is 0 Å². The number of thioether (sulfide) groups is 2. The van der Waals surface area contributed by atoms with Gasteiger partial charge in [0.15, 0.2) is 17.6 Å². The molecule has 7 heteroatoms. The van der Waals surface area contributed by atoms with Gasteiger partial charge in [0.25, 0.3) is 5.91 Å². The van der Waals surface area contributed by atoms with Crippen molar-refractivity contribution in [3.05, 3.63) is 52.5 Å². The molecule has 26 heavy (non-hydrogen) atoms. The SMILES string of the molecule is COc1cc(C2SCCS2)ccc1OC(C)C(=O)Nc1ccc(Br)cc1. The average molecular weight is 454 g/mol.